The molecule has 0 radical (unpaired) electrons. The molecule has 0 unspecified atom stereocenters. The van der Waals surface area contributed by atoms with Crippen LogP contribution in [0.25, 0.3) is 0 Å². The first-order chi connectivity index (χ1) is 7.74. The molecule has 1 aromatic carbocycles. The van der Waals surface area contributed by atoms with E-state index >= 15 is 0 Å². The molecule has 0 bridgehead atoms. The molecule has 0 atom stereocenters. The second kappa shape index (κ2) is 5.06. The molecule has 0 aromatic heterocycles. The van der Waals surface area contributed by atoms with Gasteiger partial charge in [-0.15, -0.1) is 0 Å². The van der Waals surface area contributed by atoms with E-state index in [1.165, 1.54) is 5.56 Å². The average Bonchev–Trinajstić information content (AvgIpc) is 2.32. The highest BCUT2D eigenvalue weighted by atomic mass is 79.9. The number of fused-ring (bicyclic) bond motifs is 1. The fourth-order valence-corrected chi connectivity index (χ4v) is 2.36. The van der Waals surface area contributed by atoms with Crippen LogP contribution in [0.2, 0.25) is 0 Å². The van der Waals surface area contributed by atoms with Crippen LogP contribution < -0.4 is 15.2 Å². The molecule has 88 valence electrons. The van der Waals surface area contributed by atoms with Gasteiger partial charge >= 0.3 is 0 Å². The summed E-state index contributed by atoms with van der Waals surface area (Å²) in [5, 5.41) is 0. The Morgan fingerprint density at radius 1 is 1.38 bits per heavy atom. The van der Waals surface area contributed by atoms with Gasteiger partial charge in [0, 0.05) is 10.0 Å². The Hall–Kier alpha value is -0.740. The maximum atomic E-state index is 5.61. The monoisotopic (exact) mass is 285 g/mol. The molecule has 0 amide bonds. The highest BCUT2D eigenvalue weighted by Gasteiger charge is 2.18. The van der Waals surface area contributed by atoms with Crippen molar-refractivity contribution in [2.75, 3.05) is 19.8 Å². The number of hydrogen-bond acceptors (Lipinski definition) is 3. The summed E-state index contributed by atoms with van der Waals surface area (Å²) in [6.45, 7) is 4.01. The number of aryl methyl sites for hydroxylation is 1. The van der Waals surface area contributed by atoms with Gasteiger partial charge in [0.15, 0.2) is 11.5 Å². The third-order valence-corrected chi connectivity index (χ3v) is 3.82. The summed E-state index contributed by atoms with van der Waals surface area (Å²) in [7, 11) is 0. The average molecular weight is 286 g/mol. The quantitative estimate of drug-likeness (QED) is 0.928. The molecule has 3 nitrogen and oxygen atoms in total. The predicted molar refractivity (Wildman–Crippen MR) is 67.2 cm³/mol. The Bertz CT molecular complexity index is 393. The SMILES string of the molecule is Cc1c(Br)c(CCCN)cc2c1OCCO2. The third kappa shape index (κ3) is 2.18. The largest absolute Gasteiger partial charge is 0.486 e. The first-order valence-electron chi connectivity index (χ1n) is 5.51. The second-order valence-corrected chi connectivity index (χ2v) is 4.68. The van der Waals surface area contributed by atoms with E-state index in [2.05, 4.69) is 22.0 Å². The molecule has 4 heteroatoms. The number of benzene rings is 1. The summed E-state index contributed by atoms with van der Waals surface area (Å²) >= 11 is 3.61. The van der Waals surface area contributed by atoms with Gasteiger partial charge in [-0.25, -0.2) is 0 Å². The van der Waals surface area contributed by atoms with Crippen molar-refractivity contribution >= 4 is 15.9 Å². The fourth-order valence-electron chi connectivity index (χ4n) is 1.87. The van der Waals surface area contributed by atoms with E-state index < -0.39 is 0 Å². The van der Waals surface area contributed by atoms with Crippen LogP contribution in [-0.4, -0.2) is 19.8 Å². The number of nitrogens with two attached hydrogens (primary N) is 1. The molecule has 0 fully saturated rings. The summed E-state index contributed by atoms with van der Waals surface area (Å²) in [6, 6.07) is 2.06. The smallest absolute Gasteiger partial charge is 0.165 e. The van der Waals surface area contributed by atoms with Gasteiger partial charge in [-0.05, 0) is 37.9 Å². The summed E-state index contributed by atoms with van der Waals surface area (Å²) in [5.41, 5.74) is 7.89. The van der Waals surface area contributed by atoms with Crippen LogP contribution in [0.5, 0.6) is 11.5 Å². The lowest BCUT2D eigenvalue weighted by Gasteiger charge is -2.22. The van der Waals surface area contributed by atoms with E-state index in [0.717, 1.165) is 34.4 Å². The van der Waals surface area contributed by atoms with Crippen molar-refractivity contribution in [1.82, 2.24) is 0 Å². The Balaban J connectivity index is 2.36. The Kier molecular flexibility index (Phi) is 3.71. The van der Waals surface area contributed by atoms with E-state index in [1.54, 1.807) is 0 Å². The molecule has 16 heavy (non-hydrogen) atoms. The van der Waals surface area contributed by atoms with Gasteiger partial charge in [0.2, 0.25) is 0 Å². The van der Waals surface area contributed by atoms with Crippen molar-refractivity contribution < 1.29 is 9.47 Å². The summed E-state index contributed by atoms with van der Waals surface area (Å²) in [4.78, 5) is 0. The number of hydrogen-bond donors (Lipinski definition) is 1. The van der Waals surface area contributed by atoms with Crippen molar-refractivity contribution in [2.45, 2.75) is 19.8 Å². The molecular formula is C12H16BrNO2. The highest BCUT2D eigenvalue weighted by Crippen LogP contribution is 2.40. The van der Waals surface area contributed by atoms with Gasteiger partial charge in [-0.2, -0.15) is 0 Å². The minimum absolute atomic E-state index is 0.627. The number of ether oxygens (including phenoxy) is 2. The summed E-state index contributed by atoms with van der Waals surface area (Å²) in [5.74, 6) is 1.73. The minimum atomic E-state index is 0.627. The molecule has 0 saturated heterocycles. The van der Waals surface area contributed by atoms with E-state index in [4.69, 9.17) is 15.2 Å². The molecule has 0 saturated carbocycles. The molecule has 1 aliphatic heterocycles. The van der Waals surface area contributed by atoms with Crippen molar-refractivity contribution in [3.8, 4) is 11.5 Å². The van der Waals surface area contributed by atoms with Crippen molar-refractivity contribution in [1.29, 1.82) is 0 Å². The topological polar surface area (TPSA) is 44.5 Å². The second-order valence-electron chi connectivity index (χ2n) is 3.89. The Morgan fingerprint density at radius 2 is 2.12 bits per heavy atom. The summed E-state index contributed by atoms with van der Waals surface area (Å²) < 4.78 is 12.3. The standard InChI is InChI=1S/C12H16BrNO2/c1-8-11(13)9(3-2-4-14)7-10-12(8)16-6-5-15-10/h7H,2-6,14H2,1H3. The molecule has 2 N–H and O–H groups in total. The van der Waals surface area contributed by atoms with Gasteiger partial charge in [0.25, 0.3) is 0 Å². The van der Waals surface area contributed by atoms with Crippen LogP contribution in [0.4, 0.5) is 0 Å². The molecule has 1 aliphatic rings. The Labute approximate surface area is 104 Å². The summed E-state index contributed by atoms with van der Waals surface area (Å²) in [6.07, 6.45) is 1.95. The minimum Gasteiger partial charge on any atom is -0.486 e. The molecule has 1 aromatic rings. The first kappa shape index (κ1) is 11.7. The van der Waals surface area contributed by atoms with Crippen LogP contribution in [0.15, 0.2) is 10.5 Å². The Morgan fingerprint density at radius 3 is 2.88 bits per heavy atom. The maximum Gasteiger partial charge on any atom is 0.165 e. The van der Waals surface area contributed by atoms with Gasteiger partial charge < -0.3 is 15.2 Å². The highest BCUT2D eigenvalue weighted by molar-refractivity contribution is 9.10. The lowest BCUT2D eigenvalue weighted by molar-refractivity contribution is 0.170. The van der Waals surface area contributed by atoms with Crippen molar-refractivity contribution in [2.24, 2.45) is 5.73 Å². The van der Waals surface area contributed by atoms with Crippen LogP contribution in [-0.2, 0) is 6.42 Å². The number of rotatable bonds is 3. The molecule has 1 heterocycles. The van der Waals surface area contributed by atoms with Crippen molar-refractivity contribution in [3.63, 3.8) is 0 Å². The zero-order valence-electron chi connectivity index (χ0n) is 9.38. The zero-order valence-corrected chi connectivity index (χ0v) is 11.0. The molecule has 0 aliphatic carbocycles. The van der Waals surface area contributed by atoms with Crippen LogP contribution >= 0.6 is 15.9 Å². The fraction of sp³-hybridized carbons (Fsp3) is 0.500. The lowest BCUT2D eigenvalue weighted by atomic mass is 10.0. The van der Waals surface area contributed by atoms with Gasteiger partial charge in [0.1, 0.15) is 13.2 Å². The van der Waals surface area contributed by atoms with Gasteiger partial charge in [-0.3, -0.25) is 0 Å². The van der Waals surface area contributed by atoms with E-state index in [0.29, 0.717) is 19.8 Å². The maximum absolute atomic E-state index is 5.61. The van der Waals surface area contributed by atoms with Crippen molar-refractivity contribution in [3.05, 3.63) is 21.7 Å². The van der Waals surface area contributed by atoms with Crippen LogP contribution in [0, 0.1) is 6.92 Å². The van der Waals surface area contributed by atoms with Gasteiger partial charge in [-0.1, -0.05) is 15.9 Å². The normalized spacial score (nSPS) is 13.9. The van der Waals surface area contributed by atoms with E-state index in [9.17, 15) is 0 Å². The van der Waals surface area contributed by atoms with Crippen LogP contribution in [0.3, 0.4) is 0 Å². The molecule has 0 spiro atoms. The zero-order chi connectivity index (χ0) is 11.5. The van der Waals surface area contributed by atoms with E-state index in [-0.39, 0.29) is 0 Å². The first-order valence-corrected chi connectivity index (χ1v) is 6.31. The lowest BCUT2D eigenvalue weighted by Crippen LogP contribution is -2.16. The molecule has 2 rings (SSSR count). The van der Waals surface area contributed by atoms with Crippen LogP contribution in [0.1, 0.15) is 17.5 Å². The molecular weight excluding hydrogens is 270 g/mol. The predicted octanol–water partition coefficient (Wildman–Crippen LogP) is 2.42. The number of halogens is 1. The van der Waals surface area contributed by atoms with Gasteiger partial charge in [0.05, 0.1) is 0 Å². The third-order valence-electron chi connectivity index (χ3n) is 2.72. The van der Waals surface area contributed by atoms with E-state index in [1.807, 2.05) is 6.92 Å².